The first-order valence-corrected chi connectivity index (χ1v) is 8.85. The largest absolute Gasteiger partial charge is 0.350 e. The van der Waals surface area contributed by atoms with Crippen LogP contribution in [-0.2, 0) is 11.8 Å². The minimum absolute atomic E-state index is 0. The highest BCUT2D eigenvalue weighted by Gasteiger charge is 2.35. The lowest BCUT2D eigenvalue weighted by molar-refractivity contribution is -0.119. The number of carbonyl (C=O) groups excluding carboxylic acids is 2. The molecule has 0 saturated carbocycles. The van der Waals surface area contributed by atoms with E-state index in [2.05, 4.69) is 21.0 Å². The van der Waals surface area contributed by atoms with Crippen molar-refractivity contribution in [2.75, 3.05) is 18.4 Å². The molecule has 0 spiro atoms. The number of aryl methyl sites for hydroxylation is 1. The van der Waals surface area contributed by atoms with Gasteiger partial charge in [-0.3, -0.25) is 14.3 Å². The van der Waals surface area contributed by atoms with Crippen LogP contribution in [-0.4, -0.2) is 40.7 Å². The molecule has 2 amide bonds. The summed E-state index contributed by atoms with van der Waals surface area (Å²) < 4.78 is 1.74. The lowest BCUT2D eigenvalue weighted by Gasteiger charge is -2.18. The molecule has 1 aliphatic heterocycles. The molecule has 0 bridgehead atoms. The number of rotatable bonds is 5. The second-order valence-corrected chi connectivity index (χ2v) is 6.98. The highest BCUT2D eigenvalue weighted by molar-refractivity contribution is 6.04. The summed E-state index contributed by atoms with van der Waals surface area (Å²) in [5, 5.41) is 13.3. The van der Waals surface area contributed by atoms with Gasteiger partial charge in [-0.1, -0.05) is 12.1 Å². The molecule has 1 aliphatic rings. The third-order valence-corrected chi connectivity index (χ3v) is 4.55. The Morgan fingerprint density at radius 3 is 2.67 bits per heavy atom. The molecule has 2 atom stereocenters. The lowest BCUT2D eigenvalue weighted by Crippen LogP contribution is -2.32. The van der Waals surface area contributed by atoms with Crippen molar-refractivity contribution in [3.05, 3.63) is 47.8 Å². The number of nitrogens with one attached hydrogen (secondary N) is 3. The number of hydrogen-bond acceptors (Lipinski definition) is 4. The maximum absolute atomic E-state index is 12.9. The Labute approximate surface area is 165 Å². The van der Waals surface area contributed by atoms with E-state index < -0.39 is 0 Å². The third kappa shape index (κ3) is 4.87. The summed E-state index contributed by atoms with van der Waals surface area (Å²) in [5.74, 6) is -0.418. The van der Waals surface area contributed by atoms with Crippen molar-refractivity contribution in [3.8, 4) is 0 Å². The number of carbonyl (C=O) groups is 2. The molecule has 1 aromatic heterocycles. The maximum Gasteiger partial charge on any atom is 0.253 e. The van der Waals surface area contributed by atoms with E-state index in [1.165, 1.54) is 0 Å². The number of hydrogen-bond donors (Lipinski definition) is 3. The van der Waals surface area contributed by atoms with Crippen LogP contribution in [0.25, 0.3) is 0 Å². The van der Waals surface area contributed by atoms with Gasteiger partial charge in [-0.2, -0.15) is 5.10 Å². The molecular formula is C19H26ClN5O2. The highest BCUT2D eigenvalue weighted by atomic mass is 35.5. The Morgan fingerprint density at radius 2 is 2.00 bits per heavy atom. The summed E-state index contributed by atoms with van der Waals surface area (Å²) in [7, 11) is 1.87. The smallest absolute Gasteiger partial charge is 0.253 e. The van der Waals surface area contributed by atoms with Crippen LogP contribution >= 0.6 is 12.4 Å². The second-order valence-electron chi connectivity index (χ2n) is 6.98. The Balaban J connectivity index is 0.00000261. The van der Waals surface area contributed by atoms with Crippen molar-refractivity contribution in [2.24, 2.45) is 13.0 Å². The van der Waals surface area contributed by atoms with Gasteiger partial charge in [-0.25, -0.2) is 0 Å². The van der Waals surface area contributed by atoms with Crippen LogP contribution in [0.4, 0.5) is 5.69 Å². The van der Waals surface area contributed by atoms with Crippen molar-refractivity contribution in [1.82, 2.24) is 20.4 Å². The van der Waals surface area contributed by atoms with Crippen LogP contribution in [0.15, 0.2) is 36.7 Å². The van der Waals surface area contributed by atoms with Crippen LogP contribution in [0.2, 0.25) is 0 Å². The molecule has 1 fully saturated rings. The first kappa shape index (κ1) is 20.9. The summed E-state index contributed by atoms with van der Waals surface area (Å²) in [6.07, 6.45) is 3.75. The third-order valence-electron chi connectivity index (χ3n) is 4.55. The molecule has 2 aromatic rings. The van der Waals surface area contributed by atoms with Gasteiger partial charge in [0.25, 0.3) is 5.91 Å². The second kappa shape index (κ2) is 9.01. The van der Waals surface area contributed by atoms with E-state index >= 15 is 0 Å². The van der Waals surface area contributed by atoms with Gasteiger partial charge >= 0.3 is 0 Å². The van der Waals surface area contributed by atoms with Gasteiger partial charge in [0.15, 0.2) is 0 Å². The zero-order chi connectivity index (χ0) is 18.7. The molecule has 0 aliphatic carbocycles. The number of anilines is 1. The SMILES string of the molecule is CC(C)NC(=O)c1ccccc1NC(=O)[C@H]1CNC[C@@H]1c1cnn(C)c1.Cl. The Kier molecular flexibility index (Phi) is 6.98. The van der Waals surface area contributed by atoms with Crippen molar-refractivity contribution in [1.29, 1.82) is 0 Å². The standard InChI is InChI=1S/C19H25N5O2.ClH/c1-12(2)22-18(25)14-6-4-5-7-17(14)23-19(26)16-10-20-9-15(16)13-8-21-24(3)11-13;/h4-8,11-12,15-16,20H,9-10H2,1-3H3,(H,22,25)(H,23,26);1H/t15-,16+;/m1./s1. The molecule has 146 valence electrons. The van der Waals surface area contributed by atoms with Crippen molar-refractivity contribution < 1.29 is 9.59 Å². The molecule has 3 rings (SSSR count). The molecule has 1 aromatic carbocycles. The van der Waals surface area contributed by atoms with E-state index in [9.17, 15) is 9.59 Å². The van der Waals surface area contributed by atoms with Gasteiger partial charge in [0.05, 0.1) is 23.4 Å². The zero-order valence-corrected chi connectivity index (χ0v) is 16.5. The predicted molar refractivity (Wildman–Crippen MR) is 107 cm³/mol. The average molecular weight is 392 g/mol. The van der Waals surface area contributed by atoms with E-state index in [1.54, 1.807) is 22.9 Å². The van der Waals surface area contributed by atoms with Gasteiger partial charge in [0, 0.05) is 38.3 Å². The first-order chi connectivity index (χ1) is 12.5. The van der Waals surface area contributed by atoms with E-state index in [0.29, 0.717) is 17.8 Å². The number of para-hydroxylation sites is 1. The van der Waals surface area contributed by atoms with Crippen molar-refractivity contribution >= 4 is 29.9 Å². The number of benzene rings is 1. The summed E-state index contributed by atoms with van der Waals surface area (Å²) >= 11 is 0. The van der Waals surface area contributed by atoms with Gasteiger partial charge in [0.2, 0.25) is 5.91 Å². The monoisotopic (exact) mass is 391 g/mol. The van der Waals surface area contributed by atoms with E-state index in [1.807, 2.05) is 39.4 Å². The van der Waals surface area contributed by atoms with Crippen LogP contribution in [0.3, 0.4) is 0 Å². The normalized spacial score (nSPS) is 18.8. The molecule has 0 unspecified atom stereocenters. The molecule has 0 radical (unpaired) electrons. The fraction of sp³-hybridized carbons (Fsp3) is 0.421. The minimum atomic E-state index is -0.208. The number of nitrogens with zero attached hydrogens (tertiary/aromatic N) is 2. The molecule has 2 heterocycles. The topological polar surface area (TPSA) is 88.1 Å². The summed E-state index contributed by atoms with van der Waals surface area (Å²) in [5.41, 5.74) is 2.05. The summed E-state index contributed by atoms with van der Waals surface area (Å²) in [4.78, 5) is 25.3. The Hall–Kier alpha value is -2.38. The number of halogens is 1. The van der Waals surface area contributed by atoms with E-state index in [-0.39, 0.29) is 42.1 Å². The molecule has 27 heavy (non-hydrogen) atoms. The van der Waals surface area contributed by atoms with Crippen LogP contribution < -0.4 is 16.0 Å². The van der Waals surface area contributed by atoms with Crippen LogP contribution in [0.5, 0.6) is 0 Å². The van der Waals surface area contributed by atoms with E-state index in [0.717, 1.165) is 12.1 Å². The molecule has 7 nitrogen and oxygen atoms in total. The van der Waals surface area contributed by atoms with Gasteiger partial charge in [-0.15, -0.1) is 12.4 Å². The van der Waals surface area contributed by atoms with Crippen LogP contribution in [0.1, 0.15) is 35.7 Å². The van der Waals surface area contributed by atoms with Gasteiger partial charge in [-0.05, 0) is 31.5 Å². The Bertz CT molecular complexity index is 805. The Morgan fingerprint density at radius 1 is 1.26 bits per heavy atom. The molecule has 8 heteroatoms. The fourth-order valence-electron chi connectivity index (χ4n) is 3.29. The van der Waals surface area contributed by atoms with Gasteiger partial charge < -0.3 is 16.0 Å². The minimum Gasteiger partial charge on any atom is -0.350 e. The van der Waals surface area contributed by atoms with Crippen LogP contribution in [0, 0.1) is 5.92 Å². The zero-order valence-electron chi connectivity index (χ0n) is 15.7. The molecule has 3 N–H and O–H groups in total. The van der Waals surface area contributed by atoms with Crippen molar-refractivity contribution in [3.63, 3.8) is 0 Å². The van der Waals surface area contributed by atoms with Crippen molar-refractivity contribution in [2.45, 2.75) is 25.8 Å². The predicted octanol–water partition coefficient (Wildman–Crippen LogP) is 1.92. The number of aromatic nitrogens is 2. The summed E-state index contributed by atoms with van der Waals surface area (Å²) in [6.45, 7) is 5.15. The molecule has 1 saturated heterocycles. The maximum atomic E-state index is 12.9. The van der Waals surface area contributed by atoms with E-state index in [4.69, 9.17) is 0 Å². The quantitative estimate of drug-likeness (QED) is 0.726. The lowest BCUT2D eigenvalue weighted by atomic mass is 9.90. The average Bonchev–Trinajstić information content (AvgIpc) is 3.23. The number of amides is 2. The fourth-order valence-corrected chi connectivity index (χ4v) is 3.29. The highest BCUT2D eigenvalue weighted by Crippen LogP contribution is 2.29. The first-order valence-electron chi connectivity index (χ1n) is 8.85. The van der Waals surface area contributed by atoms with Gasteiger partial charge in [0.1, 0.15) is 0 Å². The summed E-state index contributed by atoms with van der Waals surface area (Å²) in [6, 6.07) is 7.11. The molecular weight excluding hydrogens is 366 g/mol.